The van der Waals surface area contributed by atoms with Gasteiger partial charge in [0.1, 0.15) is 35.3 Å². The van der Waals surface area contributed by atoms with Crippen molar-refractivity contribution >= 4 is 52.2 Å². The second kappa shape index (κ2) is 14.6. The number of nitrogens with zero attached hydrogens (tertiary/aromatic N) is 3. The number of esters is 1. The third kappa shape index (κ3) is 7.98. The summed E-state index contributed by atoms with van der Waals surface area (Å²) in [4.78, 5) is 22.8. The van der Waals surface area contributed by atoms with Gasteiger partial charge < -0.3 is 24.3 Å². The number of pyridine rings is 1. The lowest BCUT2D eigenvalue weighted by atomic mass is 10.1. The van der Waals surface area contributed by atoms with E-state index < -0.39 is 25.4 Å². The summed E-state index contributed by atoms with van der Waals surface area (Å²) in [6.45, 7) is 13.7. The Morgan fingerprint density at radius 1 is 1.00 bits per heavy atom. The third-order valence-electron chi connectivity index (χ3n) is 7.91. The molecule has 0 unspecified atom stereocenters. The number of para-hydroxylation sites is 1. The molecular weight excluding hydrogens is 629 g/mol. The smallest absolute Gasteiger partial charge is 0.459 e. The fraction of sp³-hybridized carbons (Fsp3) is 0.417. The first-order valence-electron chi connectivity index (χ1n) is 16.4. The van der Waals surface area contributed by atoms with Crippen molar-refractivity contribution in [3.05, 3.63) is 72.6 Å². The van der Waals surface area contributed by atoms with Gasteiger partial charge >= 0.3 is 13.7 Å². The molecule has 2 aromatic heterocycles. The molecule has 0 aliphatic carbocycles. The maximum atomic E-state index is 14.8. The predicted octanol–water partition coefficient (Wildman–Crippen LogP) is 7.97. The molecule has 0 amide bonds. The molecule has 11 nitrogen and oxygen atoms in total. The van der Waals surface area contributed by atoms with Gasteiger partial charge in [-0.25, -0.2) is 14.5 Å². The van der Waals surface area contributed by atoms with E-state index in [2.05, 4.69) is 10.1 Å². The Kier molecular flexibility index (Phi) is 10.7. The van der Waals surface area contributed by atoms with Crippen molar-refractivity contribution in [1.82, 2.24) is 19.6 Å². The molecule has 3 N–H and O–H groups in total. The Balaban J connectivity index is 1.55. The van der Waals surface area contributed by atoms with Crippen molar-refractivity contribution in [1.29, 1.82) is 0 Å². The van der Waals surface area contributed by atoms with Gasteiger partial charge in [0, 0.05) is 12.0 Å². The quantitative estimate of drug-likeness (QED) is 0.0880. The van der Waals surface area contributed by atoms with Crippen LogP contribution in [-0.4, -0.2) is 45.4 Å². The van der Waals surface area contributed by atoms with Crippen LogP contribution >= 0.6 is 7.75 Å². The number of ether oxygens (including phenoxy) is 2. The third-order valence-corrected chi connectivity index (χ3v) is 9.44. The molecule has 0 fully saturated rings. The first-order chi connectivity index (χ1) is 22.8. The fourth-order valence-electron chi connectivity index (χ4n) is 5.58. The van der Waals surface area contributed by atoms with Gasteiger partial charge in [0.2, 0.25) is 0 Å². The van der Waals surface area contributed by atoms with E-state index in [-0.39, 0.29) is 25.2 Å². The molecule has 5 rings (SSSR count). The maximum absolute atomic E-state index is 14.8. The fourth-order valence-corrected chi connectivity index (χ4v) is 7.26. The minimum atomic E-state index is -4.22. The van der Waals surface area contributed by atoms with Crippen LogP contribution in [0.15, 0.2) is 66.7 Å². The molecule has 12 heteroatoms. The molecule has 0 bridgehead atoms. The average molecular weight is 676 g/mol. The average Bonchev–Trinajstić information content (AvgIpc) is 3.42. The van der Waals surface area contributed by atoms with Crippen LogP contribution in [0.4, 0.5) is 5.82 Å². The Bertz CT molecular complexity index is 1950. The second-order valence-electron chi connectivity index (χ2n) is 13.1. The number of carbonyl (C=O) groups excluding carboxylic acids is 1. The lowest BCUT2D eigenvalue weighted by Crippen LogP contribution is -2.44. The largest absolute Gasteiger partial charge is 0.459 e. The molecule has 0 saturated carbocycles. The number of aromatic nitrogens is 3. The van der Waals surface area contributed by atoms with E-state index in [1.807, 2.05) is 86.9 Å². The monoisotopic (exact) mass is 675 g/mol. The van der Waals surface area contributed by atoms with Crippen LogP contribution in [0.25, 0.3) is 32.7 Å². The number of nitrogen functional groups attached to an aromatic ring is 1. The second-order valence-corrected chi connectivity index (χ2v) is 14.8. The molecule has 5 aromatic rings. The number of fused-ring (bicyclic) bond motifs is 4. The number of carbonyl (C=O) groups is 1. The Hall–Kier alpha value is -4.02. The van der Waals surface area contributed by atoms with Gasteiger partial charge in [0.25, 0.3) is 0 Å². The summed E-state index contributed by atoms with van der Waals surface area (Å²) in [5.74, 6) is 0.430. The molecule has 0 radical (unpaired) electrons. The molecule has 3 atom stereocenters. The van der Waals surface area contributed by atoms with Crippen molar-refractivity contribution < 1.29 is 27.9 Å². The van der Waals surface area contributed by atoms with Crippen LogP contribution in [0.3, 0.4) is 0 Å². The SMILES string of the molecule is CCOCc1nc2c(N)nc3ccccc3c2n1[C@H](CC)CO[P@@](=O)(N[C@H](C(=O)OC(C)(C)C)C(C)C)Oc1ccc2ccccc2c1. The number of nitrogens with two attached hydrogens (primary N) is 1. The van der Waals surface area contributed by atoms with E-state index in [9.17, 15) is 9.36 Å². The van der Waals surface area contributed by atoms with Gasteiger partial charge in [-0.1, -0.05) is 69.3 Å². The molecule has 256 valence electrons. The number of rotatable bonds is 14. The van der Waals surface area contributed by atoms with E-state index >= 15 is 0 Å². The molecule has 0 saturated heterocycles. The van der Waals surface area contributed by atoms with Crippen LogP contribution in [-0.2, 0) is 30.0 Å². The predicted molar refractivity (Wildman–Crippen MR) is 190 cm³/mol. The van der Waals surface area contributed by atoms with Gasteiger partial charge in [-0.15, -0.1) is 0 Å². The van der Waals surface area contributed by atoms with E-state index in [1.54, 1.807) is 32.9 Å². The van der Waals surface area contributed by atoms with E-state index in [0.29, 0.717) is 35.9 Å². The number of anilines is 1. The van der Waals surface area contributed by atoms with Crippen LogP contribution in [0, 0.1) is 5.92 Å². The van der Waals surface area contributed by atoms with Crippen molar-refractivity contribution in [3.8, 4) is 5.75 Å². The summed E-state index contributed by atoms with van der Waals surface area (Å²) in [5.41, 5.74) is 7.74. The van der Waals surface area contributed by atoms with Crippen LogP contribution in [0.5, 0.6) is 5.75 Å². The summed E-state index contributed by atoms with van der Waals surface area (Å²) >= 11 is 0. The summed E-state index contributed by atoms with van der Waals surface area (Å²) in [6, 6.07) is 19.6. The Morgan fingerprint density at radius 3 is 2.40 bits per heavy atom. The number of imidazole rings is 1. The Morgan fingerprint density at radius 2 is 1.71 bits per heavy atom. The highest BCUT2D eigenvalue weighted by molar-refractivity contribution is 7.52. The number of hydrogen-bond acceptors (Lipinski definition) is 9. The molecule has 0 aliphatic rings. The molecular formula is C36H46N5O6P. The molecule has 0 aliphatic heterocycles. The normalized spacial score (nSPS) is 14.8. The van der Waals surface area contributed by atoms with E-state index in [4.69, 9.17) is 29.2 Å². The van der Waals surface area contributed by atoms with Crippen molar-refractivity contribution in [3.63, 3.8) is 0 Å². The lowest BCUT2D eigenvalue weighted by Gasteiger charge is -2.30. The maximum Gasteiger partial charge on any atom is 0.459 e. The first kappa shape index (κ1) is 35.3. The summed E-state index contributed by atoms with van der Waals surface area (Å²) in [5, 5.41) is 5.73. The topological polar surface area (TPSA) is 140 Å². The zero-order valence-corrected chi connectivity index (χ0v) is 29.6. The van der Waals surface area contributed by atoms with Crippen molar-refractivity contribution in [2.24, 2.45) is 5.92 Å². The molecule has 0 spiro atoms. The van der Waals surface area contributed by atoms with Gasteiger partial charge in [-0.2, -0.15) is 5.09 Å². The van der Waals surface area contributed by atoms with Gasteiger partial charge in [-0.3, -0.25) is 9.32 Å². The molecule has 3 aromatic carbocycles. The highest BCUT2D eigenvalue weighted by atomic mass is 31.2. The van der Waals surface area contributed by atoms with Crippen molar-refractivity contribution in [2.45, 2.75) is 79.2 Å². The van der Waals surface area contributed by atoms with Crippen LogP contribution in [0.1, 0.15) is 66.8 Å². The lowest BCUT2D eigenvalue weighted by molar-refractivity contribution is -0.158. The van der Waals surface area contributed by atoms with Crippen LogP contribution < -0.4 is 15.3 Å². The van der Waals surface area contributed by atoms with Gasteiger partial charge in [0.05, 0.1) is 23.7 Å². The summed E-state index contributed by atoms with van der Waals surface area (Å²) in [6.07, 6.45) is 0.580. The van der Waals surface area contributed by atoms with Crippen molar-refractivity contribution in [2.75, 3.05) is 18.9 Å². The van der Waals surface area contributed by atoms with Crippen LogP contribution in [0.2, 0.25) is 0 Å². The van der Waals surface area contributed by atoms with E-state index in [0.717, 1.165) is 27.2 Å². The molecule has 2 heterocycles. The van der Waals surface area contributed by atoms with E-state index in [1.165, 1.54) is 0 Å². The molecule has 48 heavy (non-hydrogen) atoms. The number of nitrogens with one attached hydrogen (secondary N) is 1. The number of hydrogen-bond donors (Lipinski definition) is 2. The number of benzene rings is 3. The highest BCUT2D eigenvalue weighted by Gasteiger charge is 2.38. The zero-order valence-electron chi connectivity index (χ0n) is 28.7. The minimum absolute atomic E-state index is 0.0470. The standard InChI is InChI=1S/C36H46N5O6P/c1-8-26(41-30(22-44-9-2)39-32-33(41)28-16-12-13-17-29(28)38-34(32)37)21-45-48(43,40-31(23(3)4)35(42)46-36(5,6)7)47-27-19-18-24-14-10-11-15-25(24)20-27/h10-20,23,26,31H,8-9,21-22H2,1-7H3,(H2,37,38)(H,40,43)/t26-,31+,48+/m1/s1. The van der Waals surface area contributed by atoms with Gasteiger partial charge in [-0.05, 0) is 69.0 Å². The summed E-state index contributed by atoms with van der Waals surface area (Å²) < 4.78 is 40.9. The van der Waals surface area contributed by atoms with Gasteiger partial charge in [0.15, 0.2) is 5.82 Å². The highest BCUT2D eigenvalue weighted by Crippen LogP contribution is 2.47. The summed E-state index contributed by atoms with van der Waals surface area (Å²) in [7, 11) is -4.22. The zero-order chi connectivity index (χ0) is 34.6. The Labute approximate surface area is 281 Å². The first-order valence-corrected chi connectivity index (χ1v) is 17.9. The minimum Gasteiger partial charge on any atom is -0.459 e.